The third-order valence-corrected chi connectivity index (χ3v) is 4.02. The molecule has 14 heavy (non-hydrogen) atoms. The van der Waals surface area contributed by atoms with Crippen LogP contribution in [0.15, 0.2) is 6.20 Å². The molecular weight excluding hydrogens is 239 g/mol. The number of nitrogens with zero attached hydrogens (tertiary/aromatic N) is 1. The third kappa shape index (κ3) is 3.39. The smallest absolute Gasteiger partial charge is 0.107 e. The Kier molecular flexibility index (Phi) is 4.64. The zero-order valence-corrected chi connectivity index (χ0v) is 10.6. The fraction of sp³-hybridized carbons (Fsp3) is 0.667. The highest BCUT2D eigenvalue weighted by Gasteiger charge is 2.21. The predicted molar refractivity (Wildman–Crippen MR) is 63.5 cm³/mol. The van der Waals surface area contributed by atoms with Crippen LogP contribution in [0.5, 0.6) is 0 Å². The van der Waals surface area contributed by atoms with Crippen molar-refractivity contribution in [1.29, 1.82) is 0 Å². The van der Waals surface area contributed by atoms with Crippen LogP contribution < -0.4 is 5.32 Å². The number of aromatic nitrogens is 1. The van der Waals surface area contributed by atoms with Gasteiger partial charge in [0.2, 0.25) is 0 Å². The summed E-state index contributed by atoms with van der Waals surface area (Å²) in [7, 11) is 0. The van der Waals surface area contributed by atoms with Crippen LogP contribution in [0.4, 0.5) is 0 Å². The number of rotatable bonds is 5. The number of hydrogen-bond donors (Lipinski definition) is 1. The highest BCUT2D eigenvalue weighted by molar-refractivity contribution is 7.11. The average molecular weight is 253 g/mol. The summed E-state index contributed by atoms with van der Waals surface area (Å²) >= 11 is 13.3. The molecule has 1 heterocycles. The Hall–Kier alpha value is 0.170. The monoisotopic (exact) mass is 252 g/mol. The number of hydrogen-bond acceptors (Lipinski definition) is 3. The summed E-state index contributed by atoms with van der Waals surface area (Å²) in [6.07, 6.45) is 1.88. The first kappa shape index (κ1) is 12.2. The van der Waals surface area contributed by atoms with Crippen LogP contribution in [0.25, 0.3) is 0 Å². The number of aryl methyl sites for hydroxylation is 1. The molecular formula is C9H14Cl2N2S. The second-order valence-electron chi connectivity index (χ2n) is 3.55. The molecule has 1 aromatic rings. The third-order valence-electron chi connectivity index (χ3n) is 1.93. The molecule has 0 saturated carbocycles. The van der Waals surface area contributed by atoms with E-state index in [9.17, 15) is 0 Å². The highest BCUT2D eigenvalue weighted by atomic mass is 35.5. The van der Waals surface area contributed by atoms with E-state index in [0.29, 0.717) is 11.8 Å². The standard InChI is InChI=1S/C9H14Cl2N2S/c1-7-3-12-8(14-7)4-13-9(2,5-10)6-11/h3,13H,4-6H2,1-2H3. The first-order chi connectivity index (χ1) is 6.59. The van der Waals surface area contributed by atoms with Gasteiger partial charge in [0.05, 0.1) is 0 Å². The molecule has 1 rings (SSSR count). The second-order valence-corrected chi connectivity index (χ2v) is 5.40. The summed E-state index contributed by atoms with van der Waals surface area (Å²) < 4.78 is 0. The Morgan fingerprint density at radius 3 is 2.57 bits per heavy atom. The van der Waals surface area contributed by atoms with Crippen molar-refractivity contribution in [3.05, 3.63) is 16.1 Å². The lowest BCUT2D eigenvalue weighted by molar-refractivity contribution is 0.434. The molecule has 0 amide bonds. The lowest BCUT2D eigenvalue weighted by Crippen LogP contribution is -2.45. The van der Waals surface area contributed by atoms with Crippen LogP contribution in [0.1, 0.15) is 16.8 Å². The Morgan fingerprint density at radius 1 is 1.50 bits per heavy atom. The Morgan fingerprint density at radius 2 is 2.14 bits per heavy atom. The Labute approximate surface area is 98.6 Å². The first-order valence-electron chi connectivity index (χ1n) is 4.38. The highest BCUT2D eigenvalue weighted by Crippen LogP contribution is 2.14. The van der Waals surface area contributed by atoms with E-state index in [-0.39, 0.29) is 5.54 Å². The molecule has 0 radical (unpaired) electrons. The SMILES string of the molecule is Cc1cnc(CNC(C)(CCl)CCl)s1. The Balaban J connectivity index is 2.47. The van der Waals surface area contributed by atoms with Crippen LogP contribution in [0.2, 0.25) is 0 Å². The molecule has 0 bridgehead atoms. The van der Waals surface area contributed by atoms with E-state index >= 15 is 0 Å². The van der Waals surface area contributed by atoms with Crippen molar-refractivity contribution >= 4 is 34.5 Å². The zero-order valence-electron chi connectivity index (χ0n) is 8.31. The van der Waals surface area contributed by atoms with Crippen molar-refractivity contribution in [2.24, 2.45) is 0 Å². The van der Waals surface area contributed by atoms with Crippen LogP contribution in [0.3, 0.4) is 0 Å². The quantitative estimate of drug-likeness (QED) is 0.816. The van der Waals surface area contributed by atoms with Crippen LogP contribution >= 0.6 is 34.5 Å². The maximum atomic E-state index is 5.82. The van der Waals surface area contributed by atoms with Crippen molar-refractivity contribution in [2.45, 2.75) is 25.9 Å². The zero-order chi connectivity index (χ0) is 10.6. The van der Waals surface area contributed by atoms with Gasteiger partial charge in [0.25, 0.3) is 0 Å². The van der Waals surface area contributed by atoms with E-state index in [0.717, 1.165) is 11.6 Å². The molecule has 5 heteroatoms. The van der Waals surface area contributed by atoms with E-state index in [4.69, 9.17) is 23.2 Å². The van der Waals surface area contributed by atoms with Gasteiger partial charge >= 0.3 is 0 Å². The molecule has 0 unspecified atom stereocenters. The van der Waals surface area contributed by atoms with Gasteiger partial charge in [-0.1, -0.05) is 0 Å². The number of alkyl halides is 2. The molecule has 0 aromatic carbocycles. The topological polar surface area (TPSA) is 24.9 Å². The molecule has 80 valence electrons. The maximum absolute atomic E-state index is 5.82. The first-order valence-corrected chi connectivity index (χ1v) is 6.26. The predicted octanol–water partition coefficient (Wildman–Crippen LogP) is 2.78. The molecule has 0 saturated heterocycles. The molecule has 2 nitrogen and oxygen atoms in total. The van der Waals surface area contributed by atoms with E-state index < -0.39 is 0 Å². The van der Waals surface area contributed by atoms with Crippen LogP contribution in [-0.2, 0) is 6.54 Å². The van der Waals surface area contributed by atoms with E-state index in [1.54, 1.807) is 11.3 Å². The molecule has 1 N–H and O–H groups in total. The van der Waals surface area contributed by atoms with Gasteiger partial charge in [-0.05, 0) is 13.8 Å². The molecule has 0 atom stereocenters. The van der Waals surface area contributed by atoms with Gasteiger partial charge < -0.3 is 5.32 Å². The van der Waals surface area contributed by atoms with Gasteiger partial charge in [0.1, 0.15) is 5.01 Å². The summed E-state index contributed by atoms with van der Waals surface area (Å²) in [6.45, 7) is 4.78. The second kappa shape index (κ2) is 5.31. The maximum Gasteiger partial charge on any atom is 0.107 e. The molecule has 0 aliphatic heterocycles. The van der Waals surface area contributed by atoms with Crippen molar-refractivity contribution in [2.75, 3.05) is 11.8 Å². The van der Waals surface area contributed by atoms with Gasteiger partial charge in [-0.25, -0.2) is 4.98 Å². The summed E-state index contributed by atoms with van der Waals surface area (Å²) in [5.74, 6) is 1.00. The average Bonchev–Trinajstić information content (AvgIpc) is 2.61. The van der Waals surface area contributed by atoms with Crippen molar-refractivity contribution < 1.29 is 0 Å². The fourth-order valence-electron chi connectivity index (χ4n) is 0.902. The van der Waals surface area contributed by atoms with Crippen molar-refractivity contribution in [1.82, 2.24) is 10.3 Å². The summed E-state index contributed by atoms with van der Waals surface area (Å²) in [5, 5.41) is 4.38. The van der Waals surface area contributed by atoms with Crippen LogP contribution in [0, 0.1) is 6.92 Å². The molecule has 0 aliphatic rings. The molecule has 0 fully saturated rings. The lowest BCUT2D eigenvalue weighted by atomic mass is 10.1. The fourth-order valence-corrected chi connectivity index (χ4v) is 2.10. The van der Waals surface area contributed by atoms with Gasteiger partial charge in [-0.2, -0.15) is 0 Å². The minimum atomic E-state index is -0.206. The van der Waals surface area contributed by atoms with Gasteiger partial charge in [0.15, 0.2) is 0 Å². The normalized spacial score (nSPS) is 12.0. The van der Waals surface area contributed by atoms with E-state index in [1.165, 1.54) is 4.88 Å². The minimum absolute atomic E-state index is 0.206. The minimum Gasteiger partial charge on any atom is -0.303 e. The lowest BCUT2D eigenvalue weighted by Gasteiger charge is -2.25. The molecule has 0 spiro atoms. The number of nitrogens with one attached hydrogen (secondary N) is 1. The summed E-state index contributed by atoms with van der Waals surface area (Å²) in [6, 6.07) is 0. The van der Waals surface area contributed by atoms with Crippen molar-refractivity contribution in [3.8, 4) is 0 Å². The largest absolute Gasteiger partial charge is 0.303 e. The number of thiazole rings is 1. The number of halogens is 2. The van der Waals surface area contributed by atoms with E-state index in [2.05, 4.69) is 10.3 Å². The summed E-state index contributed by atoms with van der Waals surface area (Å²) in [4.78, 5) is 5.48. The van der Waals surface area contributed by atoms with Crippen LogP contribution in [-0.4, -0.2) is 22.3 Å². The van der Waals surface area contributed by atoms with Gasteiger partial charge in [-0.15, -0.1) is 34.5 Å². The van der Waals surface area contributed by atoms with Gasteiger partial charge in [-0.3, -0.25) is 0 Å². The molecule has 0 aliphatic carbocycles. The Bertz CT molecular complexity index is 284. The molecule has 1 aromatic heterocycles. The van der Waals surface area contributed by atoms with Crippen molar-refractivity contribution in [3.63, 3.8) is 0 Å². The van der Waals surface area contributed by atoms with Gasteiger partial charge in [0, 0.05) is 34.9 Å². The summed E-state index contributed by atoms with van der Waals surface area (Å²) in [5.41, 5.74) is -0.206. The van der Waals surface area contributed by atoms with E-state index in [1.807, 2.05) is 20.0 Å².